The first-order valence-electron chi connectivity index (χ1n) is 11.5. The smallest absolute Gasteiger partial charge is 0.244 e. The third-order valence-electron chi connectivity index (χ3n) is 5.69. The normalized spacial score (nSPS) is 13.0. The summed E-state index contributed by atoms with van der Waals surface area (Å²) >= 11 is 6.21. The highest BCUT2D eigenvalue weighted by molar-refractivity contribution is 7.92. The van der Waals surface area contributed by atoms with E-state index in [1.807, 2.05) is 51.1 Å². The van der Waals surface area contributed by atoms with Gasteiger partial charge in [-0.1, -0.05) is 55.8 Å². The van der Waals surface area contributed by atoms with Crippen molar-refractivity contribution in [2.24, 2.45) is 0 Å². The first kappa shape index (κ1) is 28.5. The van der Waals surface area contributed by atoms with Crippen molar-refractivity contribution in [2.75, 3.05) is 24.2 Å². The summed E-state index contributed by atoms with van der Waals surface area (Å²) in [4.78, 5) is 28.1. The van der Waals surface area contributed by atoms with Gasteiger partial charge >= 0.3 is 0 Å². The molecule has 0 spiro atoms. The molecule has 8 nitrogen and oxygen atoms in total. The number of ether oxygens (including phenoxy) is 1. The van der Waals surface area contributed by atoms with Gasteiger partial charge in [0, 0.05) is 12.6 Å². The summed E-state index contributed by atoms with van der Waals surface area (Å²) in [6.45, 7) is 5.35. The average molecular weight is 524 g/mol. The lowest BCUT2D eigenvalue weighted by Gasteiger charge is -2.33. The van der Waals surface area contributed by atoms with Gasteiger partial charge in [0.15, 0.2) is 0 Å². The van der Waals surface area contributed by atoms with Crippen molar-refractivity contribution < 1.29 is 22.7 Å². The molecule has 2 rings (SSSR count). The number of nitrogens with one attached hydrogen (secondary N) is 1. The molecule has 0 heterocycles. The number of sulfonamides is 1. The van der Waals surface area contributed by atoms with Gasteiger partial charge in [-0.25, -0.2) is 8.42 Å². The fraction of sp³-hybridized carbons (Fsp3) is 0.440. The quantitative estimate of drug-likeness (QED) is 0.456. The number of halogens is 1. The molecule has 0 aliphatic carbocycles. The van der Waals surface area contributed by atoms with Crippen molar-refractivity contribution in [2.45, 2.75) is 52.2 Å². The van der Waals surface area contributed by atoms with Crippen molar-refractivity contribution in [3.63, 3.8) is 0 Å². The first-order valence-corrected chi connectivity index (χ1v) is 13.7. The number of rotatable bonds is 12. The summed E-state index contributed by atoms with van der Waals surface area (Å²) in [6.07, 6.45) is 2.13. The van der Waals surface area contributed by atoms with E-state index >= 15 is 0 Å². The van der Waals surface area contributed by atoms with Crippen LogP contribution in [0, 0.1) is 0 Å². The third-order valence-corrected chi connectivity index (χ3v) is 7.12. The molecule has 0 saturated carbocycles. The minimum Gasteiger partial charge on any atom is -0.495 e. The van der Waals surface area contributed by atoms with Crippen LogP contribution in [0.25, 0.3) is 0 Å². The number of methoxy groups -OCH3 is 1. The highest BCUT2D eigenvalue weighted by Gasteiger charge is 2.32. The van der Waals surface area contributed by atoms with Crippen molar-refractivity contribution >= 4 is 39.1 Å². The van der Waals surface area contributed by atoms with Crippen LogP contribution in [0.4, 0.5) is 5.69 Å². The Labute approximate surface area is 213 Å². The second-order valence-electron chi connectivity index (χ2n) is 8.34. The molecule has 1 N–H and O–H groups in total. The van der Waals surface area contributed by atoms with Gasteiger partial charge in [0.1, 0.15) is 18.3 Å². The van der Waals surface area contributed by atoms with Gasteiger partial charge in [-0.15, -0.1) is 0 Å². The molecule has 0 fully saturated rings. The zero-order valence-electron chi connectivity index (χ0n) is 20.8. The van der Waals surface area contributed by atoms with E-state index in [0.29, 0.717) is 12.2 Å². The summed E-state index contributed by atoms with van der Waals surface area (Å²) in [5, 5.41) is 3.16. The van der Waals surface area contributed by atoms with E-state index in [1.54, 1.807) is 0 Å². The van der Waals surface area contributed by atoms with Gasteiger partial charge in [0.05, 0.1) is 24.1 Å². The summed E-state index contributed by atoms with van der Waals surface area (Å²) in [6, 6.07) is 12.9. The number of carbonyl (C=O) groups excluding carboxylic acids is 2. The molecular formula is C25H34ClN3O5S. The van der Waals surface area contributed by atoms with Crippen LogP contribution in [0.2, 0.25) is 5.02 Å². The number of benzene rings is 2. The fourth-order valence-corrected chi connectivity index (χ4v) is 4.66. The van der Waals surface area contributed by atoms with Crippen LogP contribution >= 0.6 is 11.6 Å². The molecule has 0 aliphatic rings. The zero-order chi connectivity index (χ0) is 26.2. The molecule has 0 radical (unpaired) electrons. The number of hydrogen-bond donors (Lipinski definition) is 1. The largest absolute Gasteiger partial charge is 0.495 e. The minimum atomic E-state index is -3.85. The van der Waals surface area contributed by atoms with Crippen LogP contribution < -0.4 is 14.4 Å². The molecule has 35 heavy (non-hydrogen) atoms. The molecule has 10 heteroatoms. The Kier molecular flexibility index (Phi) is 10.4. The molecule has 0 unspecified atom stereocenters. The molecule has 0 saturated heterocycles. The predicted octanol–water partition coefficient (Wildman–Crippen LogP) is 3.84. The van der Waals surface area contributed by atoms with Crippen LogP contribution in [0.5, 0.6) is 5.75 Å². The SMILES string of the molecule is CC[C@@H](C)NC(=O)[C@@H](CC)N(Cc1ccccc1)C(=O)CN(c1ccc(OC)c(Cl)c1)S(C)(=O)=O. The van der Waals surface area contributed by atoms with Crippen LogP contribution in [-0.4, -0.2) is 57.1 Å². The van der Waals surface area contributed by atoms with Crippen molar-refractivity contribution in [3.8, 4) is 5.75 Å². The number of carbonyl (C=O) groups is 2. The standard InChI is InChI=1S/C25H34ClN3O5S/c1-6-18(3)27-25(31)22(7-2)28(16-19-11-9-8-10-12-19)24(30)17-29(35(5,32)33)20-13-14-23(34-4)21(26)15-20/h8-15,18,22H,6-7,16-17H2,1-5H3,(H,27,31)/t18-,22-/m1/s1. The van der Waals surface area contributed by atoms with E-state index in [2.05, 4.69) is 5.32 Å². The summed E-state index contributed by atoms with van der Waals surface area (Å²) < 4.78 is 31.5. The molecule has 2 aromatic carbocycles. The Balaban J connectivity index is 2.44. The van der Waals surface area contributed by atoms with Crippen molar-refractivity contribution in [1.29, 1.82) is 0 Å². The van der Waals surface area contributed by atoms with Crippen LogP contribution in [-0.2, 0) is 26.2 Å². The summed E-state index contributed by atoms with van der Waals surface area (Å²) in [5.41, 5.74) is 1.05. The molecule has 2 amide bonds. The van der Waals surface area contributed by atoms with Gasteiger partial charge in [-0.05, 0) is 43.5 Å². The van der Waals surface area contributed by atoms with Gasteiger partial charge in [-0.3, -0.25) is 13.9 Å². The highest BCUT2D eigenvalue weighted by atomic mass is 35.5. The maximum absolute atomic E-state index is 13.6. The average Bonchev–Trinajstić information content (AvgIpc) is 2.82. The van der Waals surface area contributed by atoms with Gasteiger partial charge < -0.3 is 15.0 Å². The topological polar surface area (TPSA) is 96.0 Å². The minimum absolute atomic E-state index is 0.0563. The maximum Gasteiger partial charge on any atom is 0.244 e. The second-order valence-corrected chi connectivity index (χ2v) is 10.7. The molecule has 0 aliphatic heterocycles. The first-order chi connectivity index (χ1) is 16.5. The number of amides is 2. The van der Waals surface area contributed by atoms with Gasteiger partial charge in [0.25, 0.3) is 0 Å². The predicted molar refractivity (Wildman–Crippen MR) is 139 cm³/mol. The molecule has 0 bridgehead atoms. The van der Waals surface area contributed by atoms with E-state index in [-0.39, 0.29) is 29.2 Å². The van der Waals surface area contributed by atoms with Gasteiger partial charge in [0.2, 0.25) is 21.8 Å². The Bertz CT molecular complexity index is 1110. The van der Waals surface area contributed by atoms with E-state index in [9.17, 15) is 18.0 Å². The van der Waals surface area contributed by atoms with Crippen LogP contribution in [0.3, 0.4) is 0 Å². The monoisotopic (exact) mass is 523 g/mol. The van der Waals surface area contributed by atoms with E-state index in [1.165, 1.54) is 30.2 Å². The molecule has 2 aromatic rings. The maximum atomic E-state index is 13.6. The van der Waals surface area contributed by atoms with Crippen LogP contribution in [0.15, 0.2) is 48.5 Å². The van der Waals surface area contributed by atoms with Gasteiger partial charge in [-0.2, -0.15) is 0 Å². The second kappa shape index (κ2) is 12.8. The lowest BCUT2D eigenvalue weighted by atomic mass is 10.1. The van der Waals surface area contributed by atoms with Crippen molar-refractivity contribution in [3.05, 3.63) is 59.1 Å². The lowest BCUT2D eigenvalue weighted by molar-refractivity contribution is -0.140. The molecule has 2 atom stereocenters. The zero-order valence-corrected chi connectivity index (χ0v) is 22.4. The lowest BCUT2D eigenvalue weighted by Crippen LogP contribution is -2.53. The molecular weight excluding hydrogens is 490 g/mol. The summed E-state index contributed by atoms with van der Waals surface area (Å²) in [5.74, 6) is -0.393. The number of hydrogen-bond acceptors (Lipinski definition) is 5. The number of anilines is 1. The molecule has 192 valence electrons. The Morgan fingerprint density at radius 3 is 2.26 bits per heavy atom. The van der Waals surface area contributed by atoms with Crippen molar-refractivity contribution in [1.82, 2.24) is 10.2 Å². The van der Waals surface area contributed by atoms with Crippen LogP contribution in [0.1, 0.15) is 39.2 Å². The number of nitrogens with zero attached hydrogens (tertiary/aromatic N) is 2. The summed E-state index contributed by atoms with van der Waals surface area (Å²) in [7, 11) is -2.39. The van der Waals surface area contributed by atoms with E-state index in [0.717, 1.165) is 22.5 Å². The van der Waals surface area contributed by atoms with E-state index < -0.39 is 28.5 Å². The van der Waals surface area contributed by atoms with E-state index in [4.69, 9.17) is 16.3 Å². The molecule has 0 aromatic heterocycles. The fourth-order valence-electron chi connectivity index (χ4n) is 3.56. The third kappa shape index (κ3) is 7.86. The Morgan fingerprint density at radius 1 is 1.09 bits per heavy atom. The highest BCUT2D eigenvalue weighted by Crippen LogP contribution is 2.30. The Morgan fingerprint density at radius 2 is 1.74 bits per heavy atom. The Hall–Kier alpha value is -2.78.